The Balaban J connectivity index is 2.55. The molecule has 1 amide bonds. The summed E-state index contributed by atoms with van der Waals surface area (Å²) in [6.45, 7) is 0. The van der Waals surface area contributed by atoms with Crippen LogP contribution in [0.5, 0.6) is 0 Å². The van der Waals surface area contributed by atoms with E-state index in [1.165, 1.54) is 0 Å². The van der Waals surface area contributed by atoms with E-state index in [1.807, 2.05) is 35.0 Å². The number of carbonyl (C=O) groups excluding carboxylic acids is 1. The third-order valence-corrected chi connectivity index (χ3v) is 2.61. The van der Waals surface area contributed by atoms with Crippen LogP contribution in [-0.4, -0.2) is 10.9 Å². The van der Waals surface area contributed by atoms with Crippen LogP contribution in [0.4, 0.5) is 5.82 Å². The van der Waals surface area contributed by atoms with Crippen molar-refractivity contribution in [2.75, 3.05) is 3.11 Å². The van der Waals surface area contributed by atoms with Crippen molar-refractivity contribution < 1.29 is 4.79 Å². The monoisotopic (exact) mass is 260 g/mol. The summed E-state index contributed by atoms with van der Waals surface area (Å²) in [5, 5.41) is 0. The normalized spacial score (nSPS) is 15.4. The molecule has 56 valence electrons. The summed E-state index contributed by atoms with van der Waals surface area (Å²) in [6, 6.07) is 3.78. The van der Waals surface area contributed by atoms with Crippen LogP contribution in [0.2, 0.25) is 0 Å². The first kappa shape index (κ1) is 7.02. The Hall–Kier alpha value is -0.650. The summed E-state index contributed by atoms with van der Waals surface area (Å²) in [5.41, 5.74) is 1.02. The zero-order chi connectivity index (χ0) is 7.84. The zero-order valence-electron chi connectivity index (χ0n) is 5.62. The van der Waals surface area contributed by atoms with Gasteiger partial charge in [-0.05, 0) is 6.07 Å². The van der Waals surface area contributed by atoms with Crippen molar-refractivity contribution >= 4 is 34.6 Å². The second-order valence-corrected chi connectivity index (χ2v) is 3.30. The number of aromatic nitrogens is 1. The van der Waals surface area contributed by atoms with Crippen LogP contribution in [0.1, 0.15) is 5.56 Å². The first-order chi connectivity index (χ1) is 5.29. The van der Waals surface area contributed by atoms with Gasteiger partial charge in [-0.1, -0.05) is 6.07 Å². The van der Waals surface area contributed by atoms with E-state index in [0.717, 1.165) is 11.4 Å². The molecule has 0 N–H and O–H groups in total. The second-order valence-electron chi connectivity index (χ2n) is 2.34. The first-order valence-electron chi connectivity index (χ1n) is 3.21. The molecule has 2 rings (SSSR count). The molecule has 1 aliphatic heterocycles. The second kappa shape index (κ2) is 2.44. The van der Waals surface area contributed by atoms with Crippen molar-refractivity contribution in [1.29, 1.82) is 0 Å². The Morgan fingerprint density at radius 3 is 3.18 bits per heavy atom. The highest BCUT2D eigenvalue weighted by molar-refractivity contribution is 14.1. The van der Waals surface area contributed by atoms with Crippen LogP contribution in [-0.2, 0) is 11.2 Å². The lowest BCUT2D eigenvalue weighted by molar-refractivity contribution is -0.115. The molecule has 0 saturated carbocycles. The van der Waals surface area contributed by atoms with Crippen molar-refractivity contribution in [2.45, 2.75) is 6.42 Å². The van der Waals surface area contributed by atoms with Gasteiger partial charge >= 0.3 is 0 Å². The largest absolute Gasteiger partial charge is 0.273 e. The van der Waals surface area contributed by atoms with Gasteiger partial charge in [0, 0.05) is 11.8 Å². The number of amides is 1. The number of rotatable bonds is 0. The number of pyridine rings is 1. The van der Waals surface area contributed by atoms with E-state index >= 15 is 0 Å². The SMILES string of the molecule is O=C1Cc2cccnc2N1I. The van der Waals surface area contributed by atoms with Gasteiger partial charge in [0.1, 0.15) is 5.82 Å². The molecule has 0 atom stereocenters. The molecule has 0 unspecified atom stereocenters. The number of anilines is 1. The van der Waals surface area contributed by atoms with Gasteiger partial charge < -0.3 is 0 Å². The van der Waals surface area contributed by atoms with E-state index in [1.54, 1.807) is 9.31 Å². The van der Waals surface area contributed by atoms with E-state index in [0.29, 0.717) is 6.42 Å². The fourth-order valence-electron chi connectivity index (χ4n) is 1.10. The molecule has 1 aromatic heterocycles. The smallest absolute Gasteiger partial charge is 0.241 e. The predicted molar refractivity (Wildman–Crippen MR) is 49.4 cm³/mol. The molecule has 3 nitrogen and oxygen atoms in total. The molecule has 0 spiro atoms. The number of nitrogens with zero attached hydrogens (tertiary/aromatic N) is 2. The van der Waals surface area contributed by atoms with Gasteiger partial charge in [0.05, 0.1) is 29.3 Å². The molecule has 11 heavy (non-hydrogen) atoms. The van der Waals surface area contributed by atoms with E-state index < -0.39 is 0 Å². The molecular formula is C7H5IN2O. The molecule has 0 bridgehead atoms. The third kappa shape index (κ3) is 1.01. The Morgan fingerprint density at radius 1 is 1.64 bits per heavy atom. The average molecular weight is 260 g/mol. The maximum absolute atomic E-state index is 11.1. The number of hydrogen-bond acceptors (Lipinski definition) is 2. The van der Waals surface area contributed by atoms with Crippen molar-refractivity contribution in [3.8, 4) is 0 Å². The van der Waals surface area contributed by atoms with Gasteiger partial charge in [0.25, 0.3) is 0 Å². The molecule has 0 fully saturated rings. The molecule has 1 aliphatic rings. The van der Waals surface area contributed by atoms with Gasteiger partial charge in [-0.15, -0.1) is 0 Å². The minimum atomic E-state index is 0.110. The standard InChI is InChI=1S/C7H5IN2O/c8-10-6(11)4-5-2-1-3-9-7(5)10/h1-3H,4H2. The number of carbonyl (C=O) groups is 1. The molecule has 0 aromatic carbocycles. The van der Waals surface area contributed by atoms with Crippen LogP contribution >= 0.6 is 22.9 Å². The summed E-state index contributed by atoms with van der Waals surface area (Å²) in [6.07, 6.45) is 2.19. The summed E-state index contributed by atoms with van der Waals surface area (Å²) in [5.74, 6) is 0.900. The summed E-state index contributed by atoms with van der Waals surface area (Å²) in [7, 11) is 0. The topological polar surface area (TPSA) is 33.2 Å². The van der Waals surface area contributed by atoms with Crippen molar-refractivity contribution in [1.82, 2.24) is 4.98 Å². The van der Waals surface area contributed by atoms with Crippen LogP contribution < -0.4 is 3.11 Å². The molecule has 0 saturated heterocycles. The highest BCUT2D eigenvalue weighted by Crippen LogP contribution is 2.28. The molecule has 1 aromatic rings. The maximum Gasteiger partial charge on any atom is 0.241 e. The molecule has 2 heterocycles. The lowest BCUT2D eigenvalue weighted by atomic mass is 10.2. The maximum atomic E-state index is 11.1. The van der Waals surface area contributed by atoms with Crippen LogP contribution in [0.15, 0.2) is 18.3 Å². The van der Waals surface area contributed by atoms with E-state index in [-0.39, 0.29) is 5.91 Å². The molecule has 4 heteroatoms. The summed E-state index contributed by atoms with van der Waals surface area (Å²) in [4.78, 5) is 15.2. The Labute approximate surface area is 77.9 Å². The Bertz CT molecular complexity index is 313. The van der Waals surface area contributed by atoms with E-state index in [2.05, 4.69) is 4.98 Å². The lowest BCUT2D eigenvalue weighted by Gasteiger charge is -2.03. The van der Waals surface area contributed by atoms with Gasteiger partial charge in [0.2, 0.25) is 5.91 Å². The summed E-state index contributed by atoms with van der Waals surface area (Å²) >= 11 is 1.97. The fraction of sp³-hybridized carbons (Fsp3) is 0.143. The number of fused-ring (bicyclic) bond motifs is 1. The number of halogens is 1. The van der Waals surface area contributed by atoms with Gasteiger partial charge in [0.15, 0.2) is 0 Å². The van der Waals surface area contributed by atoms with E-state index in [4.69, 9.17) is 0 Å². The van der Waals surface area contributed by atoms with Crippen LogP contribution in [0.3, 0.4) is 0 Å². The predicted octanol–water partition coefficient (Wildman–Crippen LogP) is 1.32. The Kier molecular flexibility index (Phi) is 1.56. The fourth-order valence-corrected chi connectivity index (χ4v) is 1.70. The molecular weight excluding hydrogens is 255 g/mol. The summed E-state index contributed by atoms with van der Waals surface area (Å²) < 4.78 is 1.56. The first-order valence-corrected chi connectivity index (χ1v) is 4.18. The quantitative estimate of drug-likeness (QED) is 0.520. The van der Waals surface area contributed by atoms with Gasteiger partial charge in [-0.25, -0.2) is 8.10 Å². The van der Waals surface area contributed by atoms with Crippen molar-refractivity contribution in [3.63, 3.8) is 0 Å². The zero-order valence-corrected chi connectivity index (χ0v) is 7.78. The number of hydrogen-bond donors (Lipinski definition) is 0. The van der Waals surface area contributed by atoms with Crippen molar-refractivity contribution in [2.24, 2.45) is 0 Å². The third-order valence-electron chi connectivity index (χ3n) is 1.61. The van der Waals surface area contributed by atoms with Crippen LogP contribution in [0, 0.1) is 0 Å². The van der Waals surface area contributed by atoms with Crippen molar-refractivity contribution in [3.05, 3.63) is 23.9 Å². The molecule has 0 radical (unpaired) electrons. The lowest BCUT2D eigenvalue weighted by Crippen LogP contribution is -2.13. The average Bonchev–Trinajstić information content (AvgIpc) is 2.30. The van der Waals surface area contributed by atoms with Gasteiger partial charge in [-0.3, -0.25) is 4.79 Å². The minimum absolute atomic E-state index is 0.110. The van der Waals surface area contributed by atoms with E-state index in [9.17, 15) is 4.79 Å². The minimum Gasteiger partial charge on any atom is -0.273 e. The highest BCUT2D eigenvalue weighted by Gasteiger charge is 2.25. The Morgan fingerprint density at radius 2 is 2.45 bits per heavy atom. The van der Waals surface area contributed by atoms with Gasteiger partial charge in [-0.2, -0.15) is 0 Å². The highest BCUT2D eigenvalue weighted by atomic mass is 127. The molecule has 0 aliphatic carbocycles. The van der Waals surface area contributed by atoms with Crippen LogP contribution in [0.25, 0.3) is 0 Å².